The van der Waals surface area contributed by atoms with Crippen LogP contribution < -0.4 is 0 Å². The fraction of sp³-hybridized carbons (Fsp3) is 0.250. The third kappa shape index (κ3) is 2.74. The SMILES string of the molecule is Cn1c(-c2ccc(CO)[se]2)cc(CO)c1-c1ccc(CO)s1. The fourth-order valence-electron chi connectivity index (χ4n) is 2.54. The Balaban J connectivity index is 2.10. The van der Waals surface area contributed by atoms with Gasteiger partial charge in [0.05, 0.1) is 0 Å². The van der Waals surface area contributed by atoms with Crippen LogP contribution in [0.3, 0.4) is 0 Å². The first-order valence-electron chi connectivity index (χ1n) is 6.87. The summed E-state index contributed by atoms with van der Waals surface area (Å²) < 4.78 is 4.37. The van der Waals surface area contributed by atoms with Gasteiger partial charge in [0.15, 0.2) is 0 Å². The number of aliphatic hydroxyl groups is 3. The Kier molecular flexibility index (Phi) is 4.68. The molecule has 0 aliphatic rings. The molecule has 3 N–H and O–H groups in total. The predicted molar refractivity (Wildman–Crippen MR) is 88.9 cm³/mol. The van der Waals surface area contributed by atoms with Crippen LogP contribution in [0.15, 0.2) is 30.3 Å². The molecule has 22 heavy (non-hydrogen) atoms. The quantitative estimate of drug-likeness (QED) is 0.591. The van der Waals surface area contributed by atoms with Crippen molar-refractivity contribution in [1.82, 2.24) is 4.57 Å². The Morgan fingerprint density at radius 2 is 1.86 bits per heavy atom. The van der Waals surface area contributed by atoms with Crippen molar-refractivity contribution in [2.24, 2.45) is 7.05 Å². The van der Waals surface area contributed by atoms with Crippen LogP contribution >= 0.6 is 11.3 Å². The van der Waals surface area contributed by atoms with Crippen molar-refractivity contribution < 1.29 is 15.3 Å². The molecule has 4 nitrogen and oxygen atoms in total. The molecule has 0 atom stereocenters. The van der Waals surface area contributed by atoms with E-state index in [4.69, 9.17) is 0 Å². The van der Waals surface area contributed by atoms with Gasteiger partial charge in [0.1, 0.15) is 0 Å². The molecule has 3 heterocycles. The third-order valence-electron chi connectivity index (χ3n) is 3.60. The molecule has 0 aromatic carbocycles. The first-order chi connectivity index (χ1) is 10.7. The molecule has 3 aromatic heterocycles. The van der Waals surface area contributed by atoms with Crippen LogP contribution in [0.2, 0.25) is 0 Å². The second-order valence-electron chi connectivity index (χ2n) is 4.97. The van der Waals surface area contributed by atoms with E-state index in [1.807, 2.05) is 31.3 Å². The van der Waals surface area contributed by atoms with E-state index >= 15 is 0 Å². The van der Waals surface area contributed by atoms with Crippen LogP contribution in [-0.2, 0) is 26.9 Å². The molecule has 3 aromatic rings. The zero-order chi connectivity index (χ0) is 15.7. The Morgan fingerprint density at radius 3 is 2.45 bits per heavy atom. The van der Waals surface area contributed by atoms with Gasteiger partial charge in [-0.3, -0.25) is 0 Å². The van der Waals surface area contributed by atoms with Gasteiger partial charge in [0, 0.05) is 0 Å². The van der Waals surface area contributed by atoms with Crippen molar-refractivity contribution in [3.05, 3.63) is 45.2 Å². The molecule has 0 aliphatic heterocycles. The van der Waals surface area contributed by atoms with Gasteiger partial charge in [0.2, 0.25) is 0 Å². The van der Waals surface area contributed by atoms with Gasteiger partial charge in [-0.15, -0.1) is 0 Å². The van der Waals surface area contributed by atoms with E-state index in [0.717, 1.165) is 31.1 Å². The summed E-state index contributed by atoms with van der Waals surface area (Å²) in [6.45, 7) is 0.124. The van der Waals surface area contributed by atoms with Crippen molar-refractivity contribution in [1.29, 1.82) is 0 Å². The van der Waals surface area contributed by atoms with Gasteiger partial charge >= 0.3 is 139 Å². The van der Waals surface area contributed by atoms with Crippen molar-refractivity contribution in [2.75, 3.05) is 0 Å². The second kappa shape index (κ2) is 6.54. The minimum atomic E-state index is -0.0178. The molecule has 0 fully saturated rings. The number of nitrogens with zero attached hydrogens (tertiary/aromatic N) is 1. The van der Waals surface area contributed by atoms with Gasteiger partial charge < -0.3 is 0 Å². The molecule has 0 unspecified atom stereocenters. The minimum absolute atomic E-state index is 0.0178. The van der Waals surface area contributed by atoms with Gasteiger partial charge in [0.25, 0.3) is 0 Å². The van der Waals surface area contributed by atoms with Crippen molar-refractivity contribution in [2.45, 2.75) is 19.8 Å². The van der Waals surface area contributed by atoms with Crippen LogP contribution in [0.4, 0.5) is 0 Å². The number of hydrogen-bond donors (Lipinski definition) is 3. The summed E-state index contributed by atoms with van der Waals surface area (Å²) in [7, 11) is 2.00. The predicted octanol–water partition coefficient (Wildman–Crippen LogP) is 1.95. The molecular weight excluding hydrogens is 365 g/mol. The monoisotopic (exact) mass is 383 g/mol. The molecule has 0 aliphatic carbocycles. The Labute approximate surface area is 138 Å². The van der Waals surface area contributed by atoms with E-state index in [1.165, 1.54) is 4.44 Å². The standard InChI is InChI=1S/C16H17NO3SSe/c1-17-13(15-5-3-12(9-20)22-15)6-10(7-18)16(17)14-4-2-11(8-19)21-14/h2-6,18-20H,7-9H2,1H3. The number of thiophene rings is 1. The first-order valence-corrected chi connectivity index (χ1v) is 9.40. The second-order valence-corrected chi connectivity index (χ2v) is 8.59. The molecule has 6 heteroatoms. The van der Waals surface area contributed by atoms with Crippen molar-refractivity contribution >= 4 is 25.8 Å². The topological polar surface area (TPSA) is 65.6 Å². The summed E-state index contributed by atoms with van der Waals surface area (Å²) in [6, 6.07) is 9.96. The molecule has 0 saturated carbocycles. The van der Waals surface area contributed by atoms with Crippen LogP contribution in [-0.4, -0.2) is 34.4 Å². The van der Waals surface area contributed by atoms with Crippen LogP contribution in [0.25, 0.3) is 20.7 Å². The average molecular weight is 382 g/mol. The van der Waals surface area contributed by atoms with Gasteiger partial charge in [-0.1, -0.05) is 0 Å². The average Bonchev–Trinajstić information content (AvgIpc) is 3.24. The van der Waals surface area contributed by atoms with Crippen LogP contribution in [0, 0.1) is 0 Å². The summed E-state index contributed by atoms with van der Waals surface area (Å²) in [5, 5.41) is 28.2. The van der Waals surface area contributed by atoms with Gasteiger partial charge in [-0.25, -0.2) is 0 Å². The number of rotatable bonds is 5. The number of aliphatic hydroxyl groups excluding tert-OH is 3. The maximum absolute atomic E-state index is 9.70. The van der Waals surface area contributed by atoms with E-state index in [-0.39, 0.29) is 34.3 Å². The summed E-state index contributed by atoms with van der Waals surface area (Å²) in [4.78, 5) is 1.96. The summed E-state index contributed by atoms with van der Waals surface area (Å²) in [5.74, 6) is 0. The third-order valence-corrected chi connectivity index (χ3v) is 6.97. The van der Waals surface area contributed by atoms with E-state index in [1.54, 1.807) is 11.3 Å². The summed E-state index contributed by atoms with van der Waals surface area (Å²) in [5.41, 5.74) is 2.96. The van der Waals surface area contributed by atoms with E-state index in [9.17, 15) is 15.3 Å². The number of aromatic nitrogens is 1. The van der Waals surface area contributed by atoms with E-state index in [0.29, 0.717) is 0 Å². The van der Waals surface area contributed by atoms with Crippen LogP contribution in [0.5, 0.6) is 0 Å². The zero-order valence-electron chi connectivity index (χ0n) is 12.1. The normalized spacial score (nSPS) is 11.3. The van der Waals surface area contributed by atoms with Crippen LogP contribution in [0.1, 0.15) is 14.9 Å². The summed E-state index contributed by atoms with van der Waals surface area (Å²) in [6.07, 6.45) is 0. The van der Waals surface area contributed by atoms with E-state index < -0.39 is 0 Å². The Morgan fingerprint density at radius 1 is 1.05 bits per heavy atom. The zero-order valence-corrected chi connectivity index (χ0v) is 14.6. The van der Waals surface area contributed by atoms with Crippen molar-refractivity contribution in [3.8, 4) is 20.7 Å². The molecule has 0 spiro atoms. The van der Waals surface area contributed by atoms with E-state index in [2.05, 4.69) is 10.6 Å². The first kappa shape index (κ1) is 15.7. The molecule has 0 amide bonds. The van der Waals surface area contributed by atoms with Crippen molar-refractivity contribution in [3.63, 3.8) is 0 Å². The fourth-order valence-corrected chi connectivity index (χ4v) is 5.45. The van der Waals surface area contributed by atoms with Gasteiger partial charge in [-0.05, 0) is 0 Å². The molecule has 3 rings (SSSR count). The maximum atomic E-state index is 9.70. The Hall–Kier alpha value is -1.14. The Bertz CT molecular complexity index is 787. The molecular formula is C16H17NO3SSe. The number of hydrogen-bond acceptors (Lipinski definition) is 4. The van der Waals surface area contributed by atoms with Gasteiger partial charge in [-0.2, -0.15) is 0 Å². The summed E-state index contributed by atoms with van der Waals surface area (Å²) >= 11 is 1.68. The molecule has 0 saturated heterocycles. The molecule has 0 bridgehead atoms. The molecule has 116 valence electrons. The molecule has 0 radical (unpaired) electrons.